The van der Waals surface area contributed by atoms with E-state index in [9.17, 15) is 14.0 Å². The van der Waals surface area contributed by atoms with Crippen molar-refractivity contribution in [3.05, 3.63) is 71.5 Å². The summed E-state index contributed by atoms with van der Waals surface area (Å²) in [5.41, 5.74) is 1.25. The first-order valence-electron chi connectivity index (χ1n) is 9.77. The molecule has 0 saturated carbocycles. The molecule has 2 aliphatic rings. The Bertz CT molecular complexity index is 850. The van der Waals surface area contributed by atoms with Crippen LogP contribution in [0.3, 0.4) is 0 Å². The highest BCUT2D eigenvalue weighted by molar-refractivity contribution is 5.94. The predicted molar refractivity (Wildman–Crippen MR) is 104 cm³/mol. The summed E-state index contributed by atoms with van der Waals surface area (Å²) < 4.78 is 13.9. The van der Waals surface area contributed by atoms with Gasteiger partial charge in [-0.25, -0.2) is 9.18 Å². The van der Waals surface area contributed by atoms with Crippen molar-refractivity contribution in [3.63, 3.8) is 0 Å². The number of piperidine rings is 1. The first-order valence-corrected chi connectivity index (χ1v) is 9.77. The van der Waals surface area contributed by atoms with Crippen LogP contribution < -0.4 is 0 Å². The van der Waals surface area contributed by atoms with Crippen LogP contribution in [0.25, 0.3) is 0 Å². The van der Waals surface area contributed by atoms with E-state index in [0.29, 0.717) is 19.6 Å². The van der Waals surface area contributed by atoms with Crippen LogP contribution in [0.15, 0.2) is 54.6 Å². The highest BCUT2D eigenvalue weighted by Crippen LogP contribution is 2.24. The van der Waals surface area contributed by atoms with Crippen molar-refractivity contribution in [2.24, 2.45) is 0 Å². The molecule has 0 N–H and O–H groups in total. The van der Waals surface area contributed by atoms with Gasteiger partial charge in [-0.3, -0.25) is 4.79 Å². The number of likely N-dealkylation sites (tertiary alicyclic amines) is 1. The van der Waals surface area contributed by atoms with Gasteiger partial charge < -0.3 is 14.7 Å². The Morgan fingerprint density at radius 1 is 0.929 bits per heavy atom. The van der Waals surface area contributed by atoms with Crippen LogP contribution in [0.2, 0.25) is 0 Å². The third-order valence-electron chi connectivity index (χ3n) is 5.64. The van der Waals surface area contributed by atoms with Crippen molar-refractivity contribution in [2.75, 3.05) is 26.2 Å². The smallest absolute Gasteiger partial charge is 0.320 e. The van der Waals surface area contributed by atoms with Crippen LogP contribution in [0.4, 0.5) is 9.18 Å². The van der Waals surface area contributed by atoms with Crippen molar-refractivity contribution in [3.8, 4) is 0 Å². The summed E-state index contributed by atoms with van der Waals surface area (Å²) in [6.07, 6.45) is 1.45. The van der Waals surface area contributed by atoms with Gasteiger partial charge in [0.25, 0.3) is 5.91 Å². The fraction of sp³-hybridized carbons (Fsp3) is 0.364. The maximum atomic E-state index is 13.9. The Balaban J connectivity index is 1.33. The zero-order chi connectivity index (χ0) is 19.5. The van der Waals surface area contributed by atoms with Gasteiger partial charge in [0.2, 0.25) is 0 Å². The normalized spacial score (nSPS) is 18.0. The van der Waals surface area contributed by atoms with E-state index in [4.69, 9.17) is 0 Å². The van der Waals surface area contributed by atoms with Crippen LogP contribution in [0, 0.1) is 5.82 Å². The van der Waals surface area contributed by atoms with Crippen molar-refractivity contribution in [1.29, 1.82) is 0 Å². The van der Waals surface area contributed by atoms with Crippen LogP contribution >= 0.6 is 0 Å². The fourth-order valence-electron chi connectivity index (χ4n) is 4.08. The standard InChI is InChI=1S/C22H24FN3O2/c23-20-9-5-4-8-19(20)21(27)24-12-10-18(11-13-24)26-15-14-25(22(26)28)16-17-6-2-1-3-7-17/h1-9,18H,10-16H2. The minimum atomic E-state index is -0.485. The second-order valence-electron chi connectivity index (χ2n) is 7.39. The summed E-state index contributed by atoms with van der Waals surface area (Å²) in [6.45, 7) is 3.15. The zero-order valence-electron chi connectivity index (χ0n) is 15.8. The lowest BCUT2D eigenvalue weighted by Crippen LogP contribution is -2.48. The van der Waals surface area contributed by atoms with Crippen LogP contribution in [-0.4, -0.2) is 58.9 Å². The van der Waals surface area contributed by atoms with Gasteiger partial charge in [0.05, 0.1) is 5.56 Å². The number of urea groups is 1. The third kappa shape index (κ3) is 3.72. The quantitative estimate of drug-likeness (QED) is 0.815. The van der Waals surface area contributed by atoms with Gasteiger partial charge >= 0.3 is 6.03 Å². The number of amides is 3. The van der Waals surface area contributed by atoms with E-state index < -0.39 is 5.82 Å². The first-order chi connectivity index (χ1) is 13.6. The highest BCUT2D eigenvalue weighted by atomic mass is 19.1. The average Bonchev–Trinajstić information content (AvgIpc) is 3.09. The molecule has 0 spiro atoms. The number of hydrogen-bond donors (Lipinski definition) is 0. The molecule has 4 rings (SSSR count). The van der Waals surface area contributed by atoms with E-state index in [1.165, 1.54) is 12.1 Å². The second kappa shape index (κ2) is 8.00. The summed E-state index contributed by atoms with van der Waals surface area (Å²) >= 11 is 0. The predicted octanol–water partition coefficient (Wildman–Crippen LogP) is 3.37. The van der Waals surface area contributed by atoms with Crippen LogP contribution in [0.5, 0.6) is 0 Å². The number of rotatable bonds is 4. The van der Waals surface area contributed by atoms with Crippen molar-refractivity contribution < 1.29 is 14.0 Å². The summed E-state index contributed by atoms with van der Waals surface area (Å²) in [5.74, 6) is -0.754. The van der Waals surface area contributed by atoms with Crippen LogP contribution in [0.1, 0.15) is 28.8 Å². The summed E-state index contributed by atoms with van der Waals surface area (Å²) in [6, 6.07) is 16.3. The molecule has 0 radical (unpaired) electrons. The molecule has 2 fully saturated rings. The van der Waals surface area contributed by atoms with E-state index in [1.54, 1.807) is 17.0 Å². The van der Waals surface area contributed by atoms with Gasteiger partial charge in [-0.1, -0.05) is 42.5 Å². The van der Waals surface area contributed by atoms with Crippen LogP contribution in [-0.2, 0) is 6.54 Å². The summed E-state index contributed by atoms with van der Waals surface area (Å²) in [7, 11) is 0. The molecule has 6 heteroatoms. The number of nitrogens with zero attached hydrogens (tertiary/aromatic N) is 3. The molecule has 0 bridgehead atoms. The van der Waals surface area contributed by atoms with Gasteiger partial charge in [0.15, 0.2) is 0 Å². The molecule has 0 atom stereocenters. The van der Waals surface area contributed by atoms with Crippen molar-refractivity contribution in [2.45, 2.75) is 25.4 Å². The van der Waals surface area contributed by atoms with E-state index in [-0.39, 0.29) is 23.5 Å². The molecule has 0 aromatic heterocycles. The van der Waals surface area contributed by atoms with Gasteiger partial charge in [0, 0.05) is 38.8 Å². The summed E-state index contributed by atoms with van der Waals surface area (Å²) in [5, 5.41) is 0. The van der Waals surface area contributed by atoms with Gasteiger partial charge in [0.1, 0.15) is 5.82 Å². The Morgan fingerprint density at radius 3 is 2.32 bits per heavy atom. The summed E-state index contributed by atoms with van der Waals surface area (Å²) in [4.78, 5) is 30.9. The number of benzene rings is 2. The minimum Gasteiger partial charge on any atom is -0.338 e. The molecule has 0 aliphatic carbocycles. The zero-order valence-corrected chi connectivity index (χ0v) is 15.8. The highest BCUT2D eigenvalue weighted by Gasteiger charge is 2.36. The molecular formula is C22H24FN3O2. The molecule has 28 heavy (non-hydrogen) atoms. The topological polar surface area (TPSA) is 43.9 Å². The minimum absolute atomic E-state index is 0.0720. The largest absolute Gasteiger partial charge is 0.338 e. The third-order valence-corrected chi connectivity index (χ3v) is 5.64. The van der Waals surface area contributed by atoms with Gasteiger partial charge in [-0.05, 0) is 30.5 Å². The average molecular weight is 381 g/mol. The molecule has 146 valence electrons. The molecule has 2 aromatic carbocycles. The maximum Gasteiger partial charge on any atom is 0.320 e. The molecule has 2 aliphatic heterocycles. The Labute approximate surface area is 164 Å². The number of carbonyl (C=O) groups excluding carboxylic acids is 2. The lowest BCUT2D eigenvalue weighted by molar-refractivity contribution is 0.0658. The Morgan fingerprint density at radius 2 is 1.61 bits per heavy atom. The number of halogens is 1. The van der Waals surface area contributed by atoms with Crippen molar-refractivity contribution >= 4 is 11.9 Å². The SMILES string of the molecule is O=C(c1ccccc1F)N1CCC(N2CCN(Cc3ccccc3)C2=O)CC1. The van der Waals surface area contributed by atoms with Gasteiger partial charge in [-0.2, -0.15) is 0 Å². The number of hydrogen-bond acceptors (Lipinski definition) is 2. The molecule has 5 nitrogen and oxygen atoms in total. The van der Waals surface area contributed by atoms with E-state index in [1.807, 2.05) is 40.1 Å². The molecule has 2 aromatic rings. The maximum absolute atomic E-state index is 13.9. The van der Waals surface area contributed by atoms with E-state index in [2.05, 4.69) is 0 Å². The Hall–Kier alpha value is -2.89. The first kappa shape index (κ1) is 18.5. The van der Waals surface area contributed by atoms with Gasteiger partial charge in [-0.15, -0.1) is 0 Å². The Kier molecular flexibility index (Phi) is 5.28. The van der Waals surface area contributed by atoms with E-state index >= 15 is 0 Å². The molecule has 2 saturated heterocycles. The molecule has 0 unspecified atom stereocenters. The van der Waals surface area contributed by atoms with E-state index in [0.717, 1.165) is 31.5 Å². The second-order valence-corrected chi connectivity index (χ2v) is 7.39. The lowest BCUT2D eigenvalue weighted by atomic mass is 10.0. The fourth-order valence-corrected chi connectivity index (χ4v) is 4.08. The molecule has 3 amide bonds. The molecular weight excluding hydrogens is 357 g/mol. The van der Waals surface area contributed by atoms with Crippen molar-refractivity contribution in [1.82, 2.24) is 14.7 Å². The molecule has 2 heterocycles. The lowest BCUT2D eigenvalue weighted by Gasteiger charge is -2.36. The number of carbonyl (C=O) groups is 2. The monoisotopic (exact) mass is 381 g/mol.